The molecule has 0 saturated heterocycles. The van der Waals surface area contributed by atoms with Crippen molar-refractivity contribution in [3.8, 4) is 0 Å². The van der Waals surface area contributed by atoms with Crippen molar-refractivity contribution >= 4 is 22.6 Å². The van der Waals surface area contributed by atoms with Crippen molar-refractivity contribution in [1.82, 2.24) is 0 Å². The summed E-state index contributed by atoms with van der Waals surface area (Å²) in [6.07, 6.45) is 10.7. The molecule has 0 radical (unpaired) electrons. The number of rotatable bonds is 2. The number of halogens is 1. The molecule has 13 heavy (non-hydrogen) atoms. The van der Waals surface area contributed by atoms with Crippen molar-refractivity contribution in [3.63, 3.8) is 0 Å². The Morgan fingerprint density at radius 3 is 3.00 bits per heavy atom. The van der Waals surface area contributed by atoms with Crippen LogP contribution in [0.15, 0.2) is 0 Å². The highest BCUT2D eigenvalue weighted by Crippen LogP contribution is 2.52. The topological polar surface area (TPSA) is 0 Å². The zero-order chi connectivity index (χ0) is 9.31. The van der Waals surface area contributed by atoms with Gasteiger partial charge < -0.3 is 0 Å². The first kappa shape index (κ1) is 10.3. The van der Waals surface area contributed by atoms with Crippen molar-refractivity contribution in [3.05, 3.63) is 0 Å². The van der Waals surface area contributed by atoms with Gasteiger partial charge in [0.1, 0.15) is 0 Å². The molecule has 2 aliphatic carbocycles. The van der Waals surface area contributed by atoms with Gasteiger partial charge in [-0.3, -0.25) is 0 Å². The van der Waals surface area contributed by atoms with Gasteiger partial charge in [0.15, 0.2) is 0 Å². The highest BCUT2D eigenvalue weighted by Gasteiger charge is 2.40. The second-order valence-electron chi connectivity index (χ2n) is 5.45. The molecule has 0 nitrogen and oxygen atoms in total. The van der Waals surface area contributed by atoms with Crippen molar-refractivity contribution in [2.24, 2.45) is 17.3 Å². The lowest BCUT2D eigenvalue weighted by atomic mass is 9.58. The van der Waals surface area contributed by atoms with Crippen molar-refractivity contribution in [2.45, 2.75) is 51.9 Å². The molecule has 0 N–H and O–H groups in total. The molecule has 2 unspecified atom stereocenters. The Hall–Kier alpha value is 0.730. The van der Waals surface area contributed by atoms with Gasteiger partial charge in [0.2, 0.25) is 0 Å². The number of fused-ring (bicyclic) bond motifs is 2. The molecule has 2 rings (SSSR count). The lowest BCUT2D eigenvalue weighted by Crippen LogP contribution is -2.36. The van der Waals surface area contributed by atoms with Crippen LogP contribution in [-0.2, 0) is 0 Å². The first-order valence-corrected chi connectivity index (χ1v) is 7.33. The van der Waals surface area contributed by atoms with E-state index in [9.17, 15) is 0 Å². The monoisotopic (exact) mass is 292 g/mol. The summed E-state index contributed by atoms with van der Waals surface area (Å²) >= 11 is 2.56. The number of hydrogen-bond acceptors (Lipinski definition) is 0. The third kappa shape index (κ3) is 2.21. The lowest BCUT2D eigenvalue weighted by Gasteiger charge is -2.48. The molecule has 76 valence electrons. The van der Waals surface area contributed by atoms with Gasteiger partial charge in [-0.2, -0.15) is 0 Å². The molecule has 2 bridgehead atoms. The van der Waals surface area contributed by atoms with E-state index in [2.05, 4.69) is 29.5 Å². The SMILES string of the molecule is C[C@@H]1CC2CCCC(CCI)(C2)C1. The summed E-state index contributed by atoms with van der Waals surface area (Å²) < 4.78 is 1.37. The highest BCUT2D eigenvalue weighted by molar-refractivity contribution is 14.1. The first-order chi connectivity index (χ1) is 6.24. The Kier molecular flexibility index (Phi) is 3.22. The van der Waals surface area contributed by atoms with E-state index in [1.807, 2.05) is 0 Å². The average molecular weight is 292 g/mol. The fraction of sp³-hybridized carbons (Fsp3) is 1.00. The predicted octanol–water partition coefficient (Wildman–Crippen LogP) is 4.42. The second-order valence-corrected chi connectivity index (χ2v) is 6.53. The summed E-state index contributed by atoms with van der Waals surface area (Å²) in [7, 11) is 0. The predicted molar refractivity (Wildman–Crippen MR) is 66.3 cm³/mol. The maximum atomic E-state index is 2.56. The van der Waals surface area contributed by atoms with E-state index in [1.165, 1.54) is 43.0 Å². The van der Waals surface area contributed by atoms with E-state index in [0.717, 1.165) is 17.3 Å². The van der Waals surface area contributed by atoms with Crippen LogP contribution in [-0.4, -0.2) is 4.43 Å². The van der Waals surface area contributed by atoms with E-state index in [-0.39, 0.29) is 0 Å². The average Bonchev–Trinajstić information content (AvgIpc) is 2.02. The van der Waals surface area contributed by atoms with Crippen LogP contribution in [0.2, 0.25) is 0 Å². The van der Waals surface area contributed by atoms with Crippen LogP contribution >= 0.6 is 22.6 Å². The minimum absolute atomic E-state index is 0.793. The van der Waals surface area contributed by atoms with Crippen LogP contribution in [0.4, 0.5) is 0 Å². The summed E-state index contributed by atoms with van der Waals surface area (Å²) in [5, 5.41) is 0. The maximum Gasteiger partial charge on any atom is 0.0000559 e. The Bertz CT molecular complexity index is 170. The van der Waals surface area contributed by atoms with Gasteiger partial charge in [-0.25, -0.2) is 0 Å². The van der Waals surface area contributed by atoms with Gasteiger partial charge in [-0.05, 0) is 49.4 Å². The van der Waals surface area contributed by atoms with Gasteiger partial charge in [0, 0.05) is 4.43 Å². The normalized spacial score (nSPS) is 44.8. The standard InChI is InChI=1S/C12H21I/c1-10-7-11-3-2-4-12(8-10,9-11)5-6-13/h10-11H,2-9H2,1H3/t10-,11?,12?/m1/s1. The molecule has 0 amide bonds. The Balaban J connectivity index is 2.06. The molecule has 0 aromatic carbocycles. The summed E-state index contributed by atoms with van der Waals surface area (Å²) in [5.41, 5.74) is 0.793. The largest absolute Gasteiger partial charge is 0.0864 e. The van der Waals surface area contributed by atoms with Crippen LogP contribution in [0.25, 0.3) is 0 Å². The third-order valence-corrected chi connectivity index (χ3v) is 4.72. The molecule has 0 heterocycles. The first-order valence-electron chi connectivity index (χ1n) is 5.80. The Morgan fingerprint density at radius 1 is 1.38 bits per heavy atom. The summed E-state index contributed by atoms with van der Waals surface area (Å²) in [5.74, 6) is 2.11. The van der Waals surface area contributed by atoms with Crippen LogP contribution in [0, 0.1) is 17.3 Å². The number of alkyl halides is 1. The molecule has 2 fully saturated rings. The van der Waals surface area contributed by atoms with Crippen LogP contribution in [0.1, 0.15) is 51.9 Å². The zero-order valence-corrected chi connectivity index (χ0v) is 10.8. The summed E-state index contributed by atoms with van der Waals surface area (Å²) in [6, 6.07) is 0. The molecule has 2 saturated carbocycles. The smallest absolute Gasteiger partial charge is 0.0000559 e. The zero-order valence-electron chi connectivity index (χ0n) is 8.69. The van der Waals surface area contributed by atoms with E-state index in [0.29, 0.717) is 0 Å². The van der Waals surface area contributed by atoms with Crippen molar-refractivity contribution < 1.29 is 0 Å². The van der Waals surface area contributed by atoms with Gasteiger partial charge >= 0.3 is 0 Å². The molecule has 0 spiro atoms. The minimum atomic E-state index is 0.793. The molecule has 3 atom stereocenters. The van der Waals surface area contributed by atoms with Gasteiger partial charge in [0.25, 0.3) is 0 Å². The van der Waals surface area contributed by atoms with Gasteiger partial charge in [-0.15, -0.1) is 0 Å². The van der Waals surface area contributed by atoms with E-state index >= 15 is 0 Å². The molecule has 0 aliphatic heterocycles. The fourth-order valence-electron chi connectivity index (χ4n) is 3.89. The van der Waals surface area contributed by atoms with Crippen LogP contribution < -0.4 is 0 Å². The molecule has 1 heteroatoms. The molecule has 2 aliphatic rings. The quantitative estimate of drug-likeness (QED) is 0.522. The fourth-order valence-corrected chi connectivity index (χ4v) is 5.03. The second kappa shape index (κ2) is 4.08. The highest BCUT2D eigenvalue weighted by atomic mass is 127. The van der Waals surface area contributed by atoms with E-state index < -0.39 is 0 Å². The minimum Gasteiger partial charge on any atom is -0.0864 e. The molecule has 0 aromatic rings. The molecular formula is C12H21I. The lowest BCUT2D eigenvalue weighted by molar-refractivity contribution is 0.0437. The van der Waals surface area contributed by atoms with Crippen LogP contribution in [0.5, 0.6) is 0 Å². The van der Waals surface area contributed by atoms with Gasteiger partial charge in [-0.1, -0.05) is 42.4 Å². The van der Waals surface area contributed by atoms with Crippen LogP contribution in [0.3, 0.4) is 0 Å². The molecule has 0 aromatic heterocycles. The van der Waals surface area contributed by atoms with Crippen molar-refractivity contribution in [1.29, 1.82) is 0 Å². The van der Waals surface area contributed by atoms with E-state index in [1.54, 1.807) is 6.42 Å². The third-order valence-electron chi connectivity index (χ3n) is 4.18. The van der Waals surface area contributed by atoms with E-state index in [4.69, 9.17) is 0 Å². The summed E-state index contributed by atoms with van der Waals surface area (Å²) in [6.45, 7) is 2.47. The Morgan fingerprint density at radius 2 is 2.23 bits per heavy atom. The van der Waals surface area contributed by atoms with Gasteiger partial charge in [0.05, 0.1) is 0 Å². The number of hydrogen-bond donors (Lipinski definition) is 0. The maximum absolute atomic E-state index is 2.56. The Labute approximate surface area is 96.0 Å². The molecular weight excluding hydrogens is 271 g/mol. The van der Waals surface area contributed by atoms with Crippen molar-refractivity contribution in [2.75, 3.05) is 4.43 Å². The summed E-state index contributed by atoms with van der Waals surface area (Å²) in [4.78, 5) is 0.